The van der Waals surface area contributed by atoms with Crippen LogP contribution < -0.4 is 0 Å². The number of rotatable bonds is 2. The summed E-state index contributed by atoms with van der Waals surface area (Å²) in [4.78, 5) is 8.53. The van der Waals surface area contributed by atoms with Crippen LogP contribution in [0, 0.1) is 0 Å². The van der Waals surface area contributed by atoms with Gasteiger partial charge in [-0.2, -0.15) is 4.89 Å². The summed E-state index contributed by atoms with van der Waals surface area (Å²) in [7, 11) is -2.53. The minimum Gasteiger partial charge on any atom is -0.345 e. The second-order valence-electron chi connectivity index (χ2n) is 2.09. The van der Waals surface area contributed by atoms with Crippen molar-refractivity contribution in [2.75, 3.05) is 0 Å². The molecule has 1 aromatic rings. The number of hydrogen-bond donors (Lipinski definition) is 2. The standard InChI is InChI=1S/C7H7O3P.Cr/c8-7(11(9)10)6-4-2-1-3-5-6;/h1-5,7-8H;/p+1. The molecule has 2 unspecified atom stereocenters. The van der Waals surface area contributed by atoms with Gasteiger partial charge in [0.05, 0.1) is 0 Å². The number of hydrogen-bond acceptors (Lipinski definition) is 2. The van der Waals surface area contributed by atoms with Gasteiger partial charge in [-0.1, -0.05) is 30.3 Å². The molecule has 0 radical (unpaired) electrons. The molecule has 5 heteroatoms. The fourth-order valence-electron chi connectivity index (χ4n) is 0.753. The molecule has 0 saturated carbocycles. The number of benzene rings is 1. The van der Waals surface area contributed by atoms with E-state index in [1.54, 1.807) is 30.3 Å². The van der Waals surface area contributed by atoms with Crippen molar-refractivity contribution in [2.45, 2.75) is 5.85 Å². The first-order chi connectivity index (χ1) is 5.22. The maximum Gasteiger partial charge on any atom is 0.542 e. The first-order valence-corrected chi connectivity index (χ1v) is 4.38. The van der Waals surface area contributed by atoms with Crippen molar-refractivity contribution in [3.63, 3.8) is 0 Å². The average Bonchev–Trinajstić information content (AvgIpc) is 2.05. The number of aliphatic hydroxyl groups is 1. The molecule has 1 aromatic carbocycles. The Kier molecular flexibility index (Phi) is 5.32. The predicted molar refractivity (Wildman–Crippen MR) is 41.2 cm³/mol. The molecule has 0 fully saturated rings. The monoisotopic (exact) mass is 223 g/mol. The predicted octanol–water partition coefficient (Wildman–Crippen LogP) is 1.41. The second-order valence-corrected chi connectivity index (χ2v) is 3.18. The summed E-state index contributed by atoms with van der Waals surface area (Å²) in [6.45, 7) is 0. The molecule has 3 nitrogen and oxygen atoms in total. The topological polar surface area (TPSA) is 57.5 Å². The zero-order valence-electron chi connectivity index (χ0n) is 6.12. The maximum absolute atomic E-state index is 10.4. The zero-order valence-corrected chi connectivity index (χ0v) is 8.29. The molecule has 0 amide bonds. The summed E-state index contributed by atoms with van der Waals surface area (Å²) in [6.07, 6.45) is 0. The molecule has 1 rings (SSSR count). The van der Waals surface area contributed by atoms with E-state index >= 15 is 0 Å². The Bertz CT molecular complexity index is 252. The van der Waals surface area contributed by atoms with Gasteiger partial charge in [0.2, 0.25) is 0 Å². The molecule has 0 aliphatic heterocycles. The summed E-state index contributed by atoms with van der Waals surface area (Å²) < 4.78 is 10.4. The molecule has 0 aliphatic carbocycles. The minimum absolute atomic E-state index is 0. The summed E-state index contributed by atoms with van der Waals surface area (Å²) in [6, 6.07) is 8.40. The van der Waals surface area contributed by atoms with Crippen LogP contribution in [-0.2, 0) is 21.9 Å². The van der Waals surface area contributed by atoms with Crippen LogP contribution in [0.2, 0.25) is 0 Å². The summed E-state index contributed by atoms with van der Waals surface area (Å²) >= 11 is 0. The van der Waals surface area contributed by atoms with E-state index in [-0.39, 0.29) is 17.4 Å². The number of aliphatic hydroxyl groups excluding tert-OH is 1. The van der Waals surface area contributed by atoms with Crippen LogP contribution >= 0.6 is 8.03 Å². The zero-order chi connectivity index (χ0) is 8.27. The van der Waals surface area contributed by atoms with E-state index in [9.17, 15) is 4.57 Å². The molecular weight excluding hydrogens is 215 g/mol. The molecule has 0 saturated heterocycles. The van der Waals surface area contributed by atoms with Crippen LogP contribution in [0.3, 0.4) is 0 Å². The Hall–Kier alpha value is -0.228. The summed E-state index contributed by atoms with van der Waals surface area (Å²) in [5, 5.41) is 9.06. The third-order valence-electron chi connectivity index (χ3n) is 1.31. The van der Waals surface area contributed by atoms with Gasteiger partial charge in [0, 0.05) is 22.9 Å². The second kappa shape index (κ2) is 5.42. The molecule has 0 aromatic heterocycles. The van der Waals surface area contributed by atoms with Gasteiger partial charge in [0.1, 0.15) is 0 Å². The summed E-state index contributed by atoms with van der Waals surface area (Å²) in [5.74, 6) is -1.26. The molecule has 0 bridgehead atoms. The fraction of sp³-hybridized carbons (Fsp3) is 0.143. The van der Waals surface area contributed by atoms with Crippen molar-refractivity contribution < 1.29 is 31.9 Å². The van der Waals surface area contributed by atoms with Crippen molar-refractivity contribution in [2.24, 2.45) is 0 Å². The maximum atomic E-state index is 10.4. The van der Waals surface area contributed by atoms with E-state index in [1.807, 2.05) is 0 Å². The van der Waals surface area contributed by atoms with E-state index in [0.29, 0.717) is 5.56 Å². The molecule has 2 atom stereocenters. The fourth-order valence-corrected chi connectivity index (χ4v) is 1.18. The van der Waals surface area contributed by atoms with Gasteiger partial charge in [0.25, 0.3) is 0 Å². The minimum atomic E-state index is -2.53. The van der Waals surface area contributed by atoms with Crippen LogP contribution in [0.4, 0.5) is 0 Å². The molecule has 0 spiro atoms. The van der Waals surface area contributed by atoms with Gasteiger partial charge in [-0.25, -0.2) is 0 Å². The van der Waals surface area contributed by atoms with Crippen LogP contribution in [0.15, 0.2) is 30.3 Å². The van der Waals surface area contributed by atoms with Gasteiger partial charge in [0.15, 0.2) is 0 Å². The molecular formula is C7H8CrO3P+. The van der Waals surface area contributed by atoms with Gasteiger partial charge in [-0.3, -0.25) is 0 Å². The SMILES string of the molecule is O=[P+](O)C(O)c1ccccc1.[Cr]. The van der Waals surface area contributed by atoms with E-state index in [1.165, 1.54) is 0 Å². The molecule has 12 heavy (non-hydrogen) atoms. The molecule has 2 N–H and O–H groups in total. The first-order valence-electron chi connectivity index (χ1n) is 3.10. The molecule has 0 heterocycles. The van der Waals surface area contributed by atoms with Gasteiger partial charge in [-0.15, -0.1) is 0 Å². The molecule has 64 valence electrons. The normalized spacial score (nSPS) is 13.0. The van der Waals surface area contributed by atoms with Crippen molar-refractivity contribution in [3.05, 3.63) is 35.9 Å². The smallest absolute Gasteiger partial charge is 0.345 e. The Balaban J connectivity index is 0.00000121. The van der Waals surface area contributed by atoms with E-state index in [0.717, 1.165) is 0 Å². The van der Waals surface area contributed by atoms with Crippen molar-refractivity contribution in [3.8, 4) is 0 Å². The van der Waals surface area contributed by atoms with Crippen LogP contribution in [0.1, 0.15) is 11.4 Å². The largest absolute Gasteiger partial charge is 0.542 e. The van der Waals surface area contributed by atoms with Crippen LogP contribution in [0.5, 0.6) is 0 Å². The van der Waals surface area contributed by atoms with Crippen LogP contribution in [-0.4, -0.2) is 10.00 Å². The van der Waals surface area contributed by atoms with Crippen molar-refractivity contribution in [1.29, 1.82) is 0 Å². The Morgan fingerprint density at radius 3 is 2.17 bits per heavy atom. The van der Waals surface area contributed by atoms with Gasteiger partial charge >= 0.3 is 13.9 Å². The third kappa shape index (κ3) is 3.02. The van der Waals surface area contributed by atoms with Crippen molar-refractivity contribution >= 4 is 8.03 Å². The Morgan fingerprint density at radius 2 is 1.75 bits per heavy atom. The average molecular weight is 223 g/mol. The first kappa shape index (κ1) is 11.8. The van der Waals surface area contributed by atoms with Crippen molar-refractivity contribution in [1.82, 2.24) is 0 Å². The van der Waals surface area contributed by atoms with E-state index in [4.69, 9.17) is 10.00 Å². The van der Waals surface area contributed by atoms with Crippen LogP contribution in [0.25, 0.3) is 0 Å². The van der Waals surface area contributed by atoms with E-state index < -0.39 is 13.9 Å². The quantitative estimate of drug-likeness (QED) is 0.745. The van der Waals surface area contributed by atoms with E-state index in [2.05, 4.69) is 0 Å². The third-order valence-corrected chi connectivity index (χ3v) is 2.02. The Labute approximate surface area is 82.0 Å². The Morgan fingerprint density at radius 1 is 1.25 bits per heavy atom. The van der Waals surface area contributed by atoms with Gasteiger partial charge in [-0.05, 0) is 4.57 Å². The van der Waals surface area contributed by atoms with Gasteiger partial charge < -0.3 is 5.11 Å². The summed E-state index contributed by atoms with van der Waals surface area (Å²) in [5.41, 5.74) is 0.469. The molecule has 0 aliphatic rings.